The molecule has 0 amide bonds. The summed E-state index contributed by atoms with van der Waals surface area (Å²) in [5, 5.41) is 0. The highest BCUT2D eigenvalue weighted by atomic mass is 16.7. The maximum atomic E-state index is 6.58. The fraction of sp³-hybridized carbons (Fsp3) is 0.696. The van der Waals surface area contributed by atoms with E-state index >= 15 is 0 Å². The molecule has 6 heteroatoms. The Morgan fingerprint density at radius 2 is 1.97 bits per heavy atom. The Balaban J connectivity index is 1.74. The van der Waals surface area contributed by atoms with Crippen LogP contribution in [-0.4, -0.2) is 51.8 Å². The predicted octanol–water partition coefficient (Wildman–Crippen LogP) is 4.30. The van der Waals surface area contributed by atoms with E-state index in [0.29, 0.717) is 18.6 Å². The summed E-state index contributed by atoms with van der Waals surface area (Å²) >= 11 is 0. The smallest absolute Gasteiger partial charge is 0.188 e. The Bertz CT molecular complexity index is 760. The third kappa shape index (κ3) is 4.16. The number of rotatable bonds is 7. The molecule has 0 saturated heterocycles. The second-order valence-electron chi connectivity index (χ2n) is 8.80. The lowest BCUT2D eigenvalue weighted by molar-refractivity contribution is -0.105. The maximum absolute atomic E-state index is 6.58. The van der Waals surface area contributed by atoms with Crippen LogP contribution < -0.4 is 9.47 Å². The van der Waals surface area contributed by atoms with Gasteiger partial charge in [-0.1, -0.05) is 0 Å². The van der Waals surface area contributed by atoms with Crippen molar-refractivity contribution in [2.24, 2.45) is 10.9 Å². The lowest BCUT2D eigenvalue weighted by Gasteiger charge is -2.49. The monoisotopic (exact) mass is 403 g/mol. The highest BCUT2D eigenvalue weighted by Crippen LogP contribution is 2.55. The minimum absolute atomic E-state index is 0.187. The first-order chi connectivity index (χ1) is 14.0. The van der Waals surface area contributed by atoms with Gasteiger partial charge < -0.3 is 23.7 Å². The molecule has 6 nitrogen and oxygen atoms in total. The molecule has 0 N–H and O–H groups in total. The standard InChI is InChI=1S/C23H33NO5/c1-23(2)18-8-7-16(27-13-25-3)12-17(18)22-20(28-14-26-4)10-15(11-21(22)29-23)19-6-5-9-24-19/h10-11,16-18H,5-9,12-14H2,1-4H3/t16-,17-,18-/m1/s1. The van der Waals surface area contributed by atoms with Gasteiger partial charge in [-0.2, -0.15) is 0 Å². The molecule has 1 aliphatic carbocycles. The molecular weight excluding hydrogens is 370 g/mol. The Morgan fingerprint density at radius 3 is 2.69 bits per heavy atom. The van der Waals surface area contributed by atoms with Gasteiger partial charge in [-0.15, -0.1) is 0 Å². The summed E-state index contributed by atoms with van der Waals surface area (Å²) in [4.78, 5) is 4.68. The van der Waals surface area contributed by atoms with E-state index in [0.717, 1.165) is 67.0 Å². The summed E-state index contributed by atoms with van der Waals surface area (Å²) in [6.45, 7) is 5.86. The van der Waals surface area contributed by atoms with E-state index < -0.39 is 0 Å². The van der Waals surface area contributed by atoms with Gasteiger partial charge in [0, 0.05) is 49.4 Å². The van der Waals surface area contributed by atoms with Crippen molar-refractivity contribution >= 4 is 5.71 Å². The van der Waals surface area contributed by atoms with Gasteiger partial charge in [0.1, 0.15) is 23.9 Å². The van der Waals surface area contributed by atoms with Crippen molar-refractivity contribution in [3.05, 3.63) is 23.3 Å². The molecule has 2 heterocycles. The van der Waals surface area contributed by atoms with Crippen molar-refractivity contribution < 1.29 is 23.7 Å². The van der Waals surface area contributed by atoms with Crippen LogP contribution in [0.3, 0.4) is 0 Å². The molecule has 160 valence electrons. The number of aliphatic imine (C=N–C) groups is 1. The normalized spacial score (nSPS) is 27.6. The SMILES string of the molecule is COCOc1cc(C2=NCCC2)cc2c1[C@@H]1C[C@H](OCOC)CC[C@H]1C(C)(C)O2. The molecule has 29 heavy (non-hydrogen) atoms. The zero-order chi connectivity index (χ0) is 20.4. The molecule has 1 fully saturated rings. The molecule has 0 radical (unpaired) electrons. The highest BCUT2D eigenvalue weighted by Gasteiger charge is 2.48. The molecule has 4 rings (SSSR count). The van der Waals surface area contributed by atoms with Gasteiger partial charge in [0.25, 0.3) is 0 Å². The molecule has 3 atom stereocenters. The first-order valence-corrected chi connectivity index (χ1v) is 10.7. The number of nitrogens with zero attached hydrogens (tertiary/aromatic N) is 1. The average molecular weight is 404 g/mol. The zero-order valence-corrected chi connectivity index (χ0v) is 18.0. The molecule has 3 aliphatic rings. The van der Waals surface area contributed by atoms with Crippen LogP contribution in [0.15, 0.2) is 17.1 Å². The van der Waals surface area contributed by atoms with E-state index in [2.05, 4.69) is 31.0 Å². The van der Waals surface area contributed by atoms with Gasteiger partial charge >= 0.3 is 0 Å². The van der Waals surface area contributed by atoms with Crippen molar-refractivity contribution in [3.63, 3.8) is 0 Å². The second kappa shape index (κ2) is 8.62. The first-order valence-electron chi connectivity index (χ1n) is 10.7. The van der Waals surface area contributed by atoms with Gasteiger partial charge in [-0.05, 0) is 58.1 Å². The lowest BCUT2D eigenvalue weighted by atomic mass is 9.65. The van der Waals surface area contributed by atoms with Crippen LogP contribution in [-0.2, 0) is 14.2 Å². The van der Waals surface area contributed by atoms with Crippen LogP contribution in [0, 0.1) is 5.92 Å². The molecule has 1 aromatic carbocycles. The van der Waals surface area contributed by atoms with Crippen LogP contribution in [0.2, 0.25) is 0 Å². The van der Waals surface area contributed by atoms with Gasteiger partial charge in [-0.3, -0.25) is 4.99 Å². The number of benzene rings is 1. The topological polar surface area (TPSA) is 58.5 Å². The van der Waals surface area contributed by atoms with E-state index in [4.69, 9.17) is 23.7 Å². The van der Waals surface area contributed by atoms with Crippen LogP contribution in [0.25, 0.3) is 0 Å². The number of hydrogen-bond acceptors (Lipinski definition) is 6. The quantitative estimate of drug-likeness (QED) is 0.636. The third-order valence-electron chi connectivity index (χ3n) is 6.50. The number of fused-ring (bicyclic) bond motifs is 3. The van der Waals surface area contributed by atoms with E-state index in [1.807, 2.05) is 0 Å². The molecule has 0 unspecified atom stereocenters. The minimum Gasteiger partial charge on any atom is -0.487 e. The Morgan fingerprint density at radius 1 is 1.14 bits per heavy atom. The van der Waals surface area contributed by atoms with Crippen LogP contribution in [0.1, 0.15) is 63.0 Å². The van der Waals surface area contributed by atoms with E-state index in [1.54, 1.807) is 14.2 Å². The van der Waals surface area contributed by atoms with Crippen molar-refractivity contribution in [2.75, 3.05) is 34.4 Å². The maximum Gasteiger partial charge on any atom is 0.188 e. The predicted molar refractivity (Wildman–Crippen MR) is 111 cm³/mol. The van der Waals surface area contributed by atoms with E-state index in [-0.39, 0.29) is 18.5 Å². The van der Waals surface area contributed by atoms with Gasteiger partial charge in [0.05, 0.1) is 6.10 Å². The highest BCUT2D eigenvalue weighted by molar-refractivity contribution is 6.02. The third-order valence-corrected chi connectivity index (χ3v) is 6.50. The summed E-state index contributed by atoms with van der Waals surface area (Å²) in [5.74, 6) is 2.50. The summed E-state index contributed by atoms with van der Waals surface area (Å²) in [6, 6.07) is 4.29. The van der Waals surface area contributed by atoms with Crippen molar-refractivity contribution in [2.45, 2.75) is 63.6 Å². The number of ether oxygens (including phenoxy) is 5. The summed E-state index contributed by atoms with van der Waals surface area (Å²) in [7, 11) is 3.32. The Labute approximate surface area is 173 Å². The average Bonchev–Trinajstić information content (AvgIpc) is 3.24. The lowest BCUT2D eigenvalue weighted by Crippen LogP contribution is -2.48. The van der Waals surface area contributed by atoms with Gasteiger partial charge in [-0.25, -0.2) is 0 Å². The Hall–Kier alpha value is -1.63. The van der Waals surface area contributed by atoms with E-state index in [9.17, 15) is 0 Å². The molecule has 2 aliphatic heterocycles. The molecule has 1 aromatic rings. The fourth-order valence-electron chi connectivity index (χ4n) is 5.19. The molecule has 0 bridgehead atoms. The fourth-order valence-corrected chi connectivity index (χ4v) is 5.19. The molecule has 0 aromatic heterocycles. The molecule has 0 spiro atoms. The zero-order valence-electron chi connectivity index (χ0n) is 18.0. The largest absolute Gasteiger partial charge is 0.487 e. The molecule has 1 saturated carbocycles. The molecular formula is C23H33NO5. The minimum atomic E-state index is -0.238. The summed E-state index contributed by atoms with van der Waals surface area (Å²) in [5.41, 5.74) is 3.16. The van der Waals surface area contributed by atoms with Crippen molar-refractivity contribution in [3.8, 4) is 11.5 Å². The van der Waals surface area contributed by atoms with E-state index in [1.165, 1.54) is 0 Å². The second-order valence-corrected chi connectivity index (χ2v) is 8.80. The Kier molecular flexibility index (Phi) is 6.13. The summed E-state index contributed by atoms with van der Waals surface area (Å²) < 4.78 is 29.0. The van der Waals surface area contributed by atoms with Crippen LogP contribution >= 0.6 is 0 Å². The summed E-state index contributed by atoms with van der Waals surface area (Å²) in [6.07, 6.45) is 5.32. The van der Waals surface area contributed by atoms with Crippen molar-refractivity contribution in [1.82, 2.24) is 0 Å². The first kappa shape index (κ1) is 20.6. The van der Waals surface area contributed by atoms with Crippen LogP contribution in [0.5, 0.6) is 11.5 Å². The van der Waals surface area contributed by atoms with Crippen molar-refractivity contribution in [1.29, 1.82) is 0 Å². The number of methoxy groups -OCH3 is 2. The number of hydrogen-bond donors (Lipinski definition) is 0. The van der Waals surface area contributed by atoms with Gasteiger partial charge in [0.2, 0.25) is 0 Å². The van der Waals surface area contributed by atoms with Gasteiger partial charge in [0.15, 0.2) is 6.79 Å². The van der Waals surface area contributed by atoms with Crippen LogP contribution in [0.4, 0.5) is 0 Å².